The van der Waals surface area contributed by atoms with Gasteiger partial charge in [0.1, 0.15) is 0 Å². The average molecular weight is 144 g/mol. The molecule has 0 saturated heterocycles. The lowest BCUT2D eigenvalue weighted by Crippen LogP contribution is -2.12. The largest absolute Gasteiger partial charge is 0.387 e. The zero-order valence-corrected chi connectivity index (χ0v) is 6.55. The second-order valence-electron chi connectivity index (χ2n) is 2.23. The van der Waals surface area contributed by atoms with Crippen LogP contribution in [0.15, 0.2) is 12.7 Å². The van der Waals surface area contributed by atoms with E-state index in [1.807, 2.05) is 0 Å². The number of aliphatic hydroxyl groups excluding tert-OH is 1. The molecule has 0 aromatic carbocycles. The van der Waals surface area contributed by atoms with Gasteiger partial charge >= 0.3 is 0 Å². The Bertz CT molecular complexity index is 81.3. The Morgan fingerprint density at radius 1 is 1.70 bits per heavy atom. The van der Waals surface area contributed by atoms with Crippen LogP contribution in [-0.2, 0) is 4.74 Å². The molecule has 1 atom stereocenters. The first-order valence-electron chi connectivity index (χ1n) is 3.69. The van der Waals surface area contributed by atoms with Crippen LogP contribution in [0, 0.1) is 0 Å². The van der Waals surface area contributed by atoms with Gasteiger partial charge in [0.15, 0.2) is 0 Å². The van der Waals surface area contributed by atoms with Crippen molar-refractivity contribution in [3.8, 4) is 0 Å². The predicted octanol–water partition coefficient (Wildman–Crippen LogP) is 1.35. The van der Waals surface area contributed by atoms with Crippen LogP contribution in [0.2, 0.25) is 0 Å². The van der Waals surface area contributed by atoms with Crippen LogP contribution >= 0.6 is 0 Å². The number of rotatable bonds is 6. The Morgan fingerprint density at radius 3 is 2.90 bits per heavy atom. The average Bonchev–Trinajstić information content (AvgIpc) is 1.98. The second kappa shape index (κ2) is 6.78. The van der Waals surface area contributed by atoms with E-state index in [0.29, 0.717) is 6.61 Å². The molecule has 0 bridgehead atoms. The fraction of sp³-hybridized carbons (Fsp3) is 0.750. The van der Waals surface area contributed by atoms with Gasteiger partial charge < -0.3 is 9.84 Å². The highest BCUT2D eigenvalue weighted by Gasteiger charge is 1.95. The highest BCUT2D eigenvalue weighted by Crippen LogP contribution is 1.90. The van der Waals surface area contributed by atoms with Gasteiger partial charge in [0, 0.05) is 6.61 Å². The van der Waals surface area contributed by atoms with Crippen molar-refractivity contribution in [2.45, 2.75) is 25.9 Å². The third kappa shape index (κ3) is 5.79. The van der Waals surface area contributed by atoms with Crippen molar-refractivity contribution >= 4 is 0 Å². The Labute approximate surface area is 62.5 Å². The molecule has 0 aliphatic heterocycles. The minimum atomic E-state index is -0.503. The molecule has 10 heavy (non-hydrogen) atoms. The van der Waals surface area contributed by atoms with E-state index < -0.39 is 6.10 Å². The van der Waals surface area contributed by atoms with Gasteiger partial charge in [-0.1, -0.05) is 19.4 Å². The van der Waals surface area contributed by atoms with E-state index in [1.54, 1.807) is 0 Å². The summed E-state index contributed by atoms with van der Waals surface area (Å²) in [5.41, 5.74) is 0. The lowest BCUT2D eigenvalue weighted by molar-refractivity contribution is 0.0584. The Morgan fingerprint density at radius 2 is 2.40 bits per heavy atom. The summed E-state index contributed by atoms with van der Waals surface area (Å²) in [6.07, 6.45) is 3.16. The maximum atomic E-state index is 8.91. The predicted molar refractivity (Wildman–Crippen MR) is 41.9 cm³/mol. The molecule has 0 amide bonds. The highest BCUT2D eigenvalue weighted by atomic mass is 16.5. The summed E-state index contributed by atoms with van der Waals surface area (Å²) in [7, 11) is 0. The lowest BCUT2D eigenvalue weighted by Gasteiger charge is -2.04. The molecule has 0 radical (unpaired) electrons. The third-order valence-electron chi connectivity index (χ3n) is 1.20. The number of aliphatic hydroxyl groups is 1. The van der Waals surface area contributed by atoms with Gasteiger partial charge in [0.2, 0.25) is 0 Å². The van der Waals surface area contributed by atoms with Crippen LogP contribution in [0.1, 0.15) is 19.8 Å². The van der Waals surface area contributed by atoms with Crippen molar-refractivity contribution in [1.82, 2.24) is 0 Å². The molecule has 0 aliphatic rings. The molecule has 0 aromatic heterocycles. The zero-order valence-electron chi connectivity index (χ0n) is 6.55. The van der Waals surface area contributed by atoms with Crippen molar-refractivity contribution in [2.24, 2.45) is 0 Å². The molecule has 0 saturated carbocycles. The van der Waals surface area contributed by atoms with Gasteiger partial charge in [0.25, 0.3) is 0 Å². The highest BCUT2D eigenvalue weighted by molar-refractivity contribution is 4.76. The molecule has 2 nitrogen and oxygen atoms in total. The fourth-order valence-electron chi connectivity index (χ4n) is 0.519. The van der Waals surface area contributed by atoms with E-state index in [-0.39, 0.29) is 0 Å². The molecule has 0 rings (SSSR count). The van der Waals surface area contributed by atoms with Crippen LogP contribution in [-0.4, -0.2) is 24.4 Å². The van der Waals surface area contributed by atoms with Crippen molar-refractivity contribution < 1.29 is 9.84 Å². The van der Waals surface area contributed by atoms with Crippen LogP contribution in [0.5, 0.6) is 0 Å². The van der Waals surface area contributed by atoms with E-state index in [2.05, 4.69) is 13.5 Å². The molecule has 60 valence electrons. The Kier molecular flexibility index (Phi) is 6.55. The van der Waals surface area contributed by atoms with Crippen LogP contribution in [0.25, 0.3) is 0 Å². The second-order valence-corrected chi connectivity index (χ2v) is 2.23. The molecule has 2 heteroatoms. The maximum absolute atomic E-state index is 8.91. The van der Waals surface area contributed by atoms with Crippen molar-refractivity contribution in [3.05, 3.63) is 12.7 Å². The van der Waals surface area contributed by atoms with Crippen molar-refractivity contribution in [1.29, 1.82) is 0 Å². The zero-order chi connectivity index (χ0) is 7.82. The quantitative estimate of drug-likeness (QED) is 0.450. The smallest absolute Gasteiger partial charge is 0.0951 e. The summed E-state index contributed by atoms with van der Waals surface area (Å²) in [5, 5.41) is 8.91. The van der Waals surface area contributed by atoms with E-state index >= 15 is 0 Å². The van der Waals surface area contributed by atoms with Crippen LogP contribution in [0.4, 0.5) is 0 Å². The number of hydrogen-bond acceptors (Lipinski definition) is 2. The molecule has 0 unspecified atom stereocenters. The number of unbranched alkanes of at least 4 members (excludes halogenated alkanes) is 1. The summed E-state index contributed by atoms with van der Waals surface area (Å²) in [6, 6.07) is 0. The fourth-order valence-corrected chi connectivity index (χ4v) is 0.519. The SMILES string of the molecule is C=C[C@H](O)COCCCC. The molecule has 0 spiro atoms. The van der Waals surface area contributed by atoms with E-state index in [4.69, 9.17) is 9.84 Å². The first-order valence-corrected chi connectivity index (χ1v) is 3.69. The van der Waals surface area contributed by atoms with Gasteiger partial charge in [0.05, 0.1) is 12.7 Å². The summed E-state index contributed by atoms with van der Waals surface area (Å²) < 4.78 is 5.11. The molecular formula is C8H16O2. The van der Waals surface area contributed by atoms with Gasteiger partial charge in [-0.2, -0.15) is 0 Å². The first-order chi connectivity index (χ1) is 4.81. The molecule has 1 N–H and O–H groups in total. The van der Waals surface area contributed by atoms with Crippen LogP contribution < -0.4 is 0 Å². The Hall–Kier alpha value is -0.340. The van der Waals surface area contributed by atoms with Gasteiger partial charge in [-0.15, -0.1) is 6.58 Å². The lowest BCUT2D eigenvalue weighted by atomic mass is 10.3. The molecule has 0 fully saturated rings. The monoisotopic (exact) mass is 144 g/mol. The molecular weight excluding hydrogens is 128 g/mol. The summed E-state index contributed by atoms with van der Waals surface area (Å²) >= 11 is 0. The van der Waals surface area contributed by atoms with Crippen molar-refractivity contribution in [2.75, 3.05) is 13.2 Å². The Balaban J connectivity index is 2.95. The normalized spacial score (nSPS) is 13.0. The molecule has 0 aliphatic carbocycles. The minimum absolute atomic E-state index is 0.378. The summed E-state index contributed by atoms with van der Waals surface area (Å²) in [6.45, 7) is 6.65. The van der Waals surface area contributed by atoms with E-state index in [0.717, 1.165) is 19.4 Å². The number of ether oxygens (including phenoxy) is 1. The van der Waals surface area contributed by atoms with E-state index in [9.17, 15) is 0 Å². The van der Waals surface area contributed by atoms with Gasteiger partial charge in [-0.05, 0) is 6.42 Å². The number of hydrogen-bond donors (Lipinski definition) is 1. The van der Waals surface area contributed by atoms with Crippen molar-refractivity contribution in [3.63, 3.8) is 0 Å². The van der Waals surface area contributed by atoms with Gasteiger partial charge in [-0.3, -0.25) is 0 Å². The molecule has 0 aromatic rings. The standard InChI is InChI=1S/C8H16O2/c1-3-5-6-10-7-8(9)4-2/h4,8-9H,2-3,5-7H2,1H3/t8-/m0/s1. The first kappa shape index (κ1) is 9.66. The summed E-state index contributed by atoms with van der Waals surface area (Å²) in [4.78, 5) is 0. The molecule has 0 heterocycles. The maximum Gasteiger partial charge on any atom is 0.0951 e. The third-order valence-corrected chi connectivity index (χ3v) is 1.20. The summed E-state index contributed by atoms with van der Waals surface area (Å²) in [5.74, 6) is 0. The van der Waals surface area contributed by atoms with E-state index in [1.165, 1.54) is 6.08 Å². The topological polar surface area (TPSA) is 29.5 Å². The van der Waals surface area contributed by atoms with Gasteiger partial charge in [-0.25, -0.2) is 0 Å². The van der Waals surface area contributed by atoms with Crippen LogP contribution in [0.3, 0.4) is 0 Å². The minimum Gasteiger partial charge on any atom is -0.387 e.